The second-order valence-electron chi connectivity index (χ2n) is 2.66. The highest BCUT2D eigenvalue weighted by Gasteiger charge is 2.15. The normalized spacial score (nSPS) is 11.9. The van der Waals surface area contributed by atoms with Crippen LogP contribution in [-0.4, -0.2) is 24.9 Å². The summed E-state index contributed by atoms with van der Waals surface area (Å²) < 4.78 is 0. The van der Waals surface area contributed by atoms with E-state index < -0.39 is 0 Å². The molecule has 0 aliphatic heterocycles. The van der Waals surface area contributed by atoms with E-state index in [2.05, 4.69) is 10.6 Å². The lowest BCUT2D eigenvalue weighted by Gasteiger charge is -2.14. The molecule has 0 radical (unpaired) electrons. The maximum atomic E-state index is 11.1. The van der Waals surface area contributed by atoms with Crippen LogP contribution in [0.1, 0.15) is 26.7 Å². The Morgan fingerprint density at radius 1 is 1.42 bits per heavy atom. The highest BCUT2D eigenvalue weighted by atomic mass is 16.2. The maximum absolute atomic E-state index is 11.1. The Balaban J connectivity index is 4.02. The van der Waals surface area contributed by atoms with E-state index in [1.54, 1.807) is 7.05 Å². The Morgan fingerprint density at radius 3 is 2.33 bits per heavy atom. The SMILES string of the molecule is CCCC(NC(C)=O)C(=O)NC. The number of nitrogens with one attached hydrogen (secondary N) is 2. The van der Waals surface area contributed by atoms with Crippen molar-refractivity contribution in [3.63, 3.8) is 0 Å². The highest BCUT2D eigenvalue weighted by molar-refractivity contribution is 5.86. The zero-order chi connectivity index (χ0) is 9.56. The molecule has 0 aromatic heterocycles. The first-order chi connectivity index (χ1) is 5.61. The Labute approximate surface area is 72.7 Å². The number of rotatable bonds is 4. The zero-order valence-electron chi connectivity index (χ0n) is 7.81. The van der Waals surface area contributed by atoms with Gasteiger partial charge < -0.3 is 10.6 Å². The first-order valence-electron chi connectivity index (χ1n) is 4.10. The van der Waals surface area contributed by atoms with Crippen LogP contribution in [0.4, 0.5) is 0 Å². The standard InChI is InChI=1S/C8H16N2O2/c1-4-5-7(8(12)9-3)10-6(2)11/h7H,4-5H2,1-3H3,(H,9,12)(H,10,11). The minimum absolute atomic E-state index is 0.132. The lowest BCUT2D eigenvalue weighted by atomic mass is 10.1. The van der Waals surface area contributed by atoms with E-state index in [1.165, 1.54) is 6.92 Å². The molecule has 0 heterocycles. The average molecular weight is 172 g/mol. The van der Waals surface area contributed by atoms with Gasteiger partial charge in [-0.15, -0.1) is 0 Å². The first-order valence-corrected chi connectivity index (χ1v) is 4.10. The average Bonchev–Trinajstić information content (AvgIpc) is 2.01. The van der Waals surface area contributed by atoms with Gasteiger partial charge in [0.2, 0.25) is 11.8 Å². The van der Waals surface area contributed by atoms with E-state index in [0.717, 1.165) is 6.42 Å². The summed E-state index contributed by atoms with van der Waals surface area (Å²) in [4.78, 5) is 21.8. The highest BCUT2D eigenvalue weighted by Crippen LogP contribution is 1.96. The summed E-state index contributed by atoms with van der Waals surface area (Å²) in [5.41, 5.74) is 0. The molecule has 0 aromatic rings. The van der Waals surface area contributed by atoms with E-state index in [4.69, 9.17) is 0 Å². The summed E-state index contributed by atoms with van der Waals surface area (Å²) in [6.07, 6.45) is 1.55. The zero-order valence-corrected chi connectivity index (χ0v) is 7.81. The molecular formula is C8H16N2O2. The molecule has 0 aliphatic rings. The molecule has 0 aliphatic carbocycles. The Morgan fingerprint density at radius 2 is 2.00 bits per heavy atom. The van der Waals surface area contributed by atoms with E-state index in [0.29, 0.717) is 6.42 Å². The fraction of sp³-hybridized carbons (Fsp3) is 0.750. The van der Waals surface area contributed by atoms with E-state index in [9.17, 15) is 9.59 Å². The Hall–Kier alpha value is -1.06. The van der Waals surface area contributed by atoms with Crippen LogP contribution in [0, 0.1) is 0 Å². The van der Waals surface area contributed by atoms with Crippen LogP contribution in [0.5, 0.6) is 0 Å². The fourth-order valence-corrected chi connectivity index (χ4v) is 0.977. The van der Waals surface area contributed by atoms with Crippen LogP contribution in [0.15, 0.2) is 0 Å². The van der Waals surface area contributed by atoms with Gasteiger partial charge in [-0.1, -0.05) is 13.3 Å². The van der Waals surface area contributed by atoms with Crippen molar-refractivity contribution in [3.8, 4) is 0 Å². The number of amides is 2. The lowest BCUT2D eigenvalue weighted by molar-refractivity contribution is -0.127. The van der Waals surface area contributed by atoms with Crippen molar-refractivity contribution in [2.24, 2.45) is 0 Å². The van der Waals surface area contributed by atoms with Gasteiger partial charge in [0.15, 0.2) is 0 Å². The van der Waals surface area contributed by atoms with Crippen molar-refractivity contribution in [2.45, 2.75) is 32.7 Å². The third-order valence-corrected chi connectivity index (χ3v) is 1.52. The minimum atomic E-state index is -0.377. The summed E-state index contributed by atoms with van der Waals surface area (Å²) in [5.74, 6) is -0.302. The molecule has 0 rings (SSSR count). The summed E-state index contributed by atoms with van der Waals surface area (Å²) in [7, 11) is 1.56. The molecule has 0 saturated heterocycles. The molecule has 0 saturated carbocycles. The molecule has 1 atom stereocenters. The van der Waals surface area contributed by atoms with Crippen molar-refractivity contribution in [3.05, 3.63) is 0 Å². The van der Waals surface area contributed by atoms with Gasteiger partial charge in [-0.05, 0) is 6.42 Å². The molecule has 2 amide bonds. The first kappa shape index (κ1) is 10.9. The molecule has 70 valence electrons. The summed E-state index contributed by atoms with van der Waals surface area (Å²) in [6.45, 7) is 3.38. The van der Waals surface area contributed by atoms with E-state index in [-0.39, 0.29) is 17.9 Å². The Kier molecular flexibility index (Phi) is 5.08. The molecule has 0 bridgehead atoms. The molecule has 12 heavy (non-hydrogen) atoms. The number of carbonyl (C=O) groups excluding carboxylic acids is 2. The van der Waals surface area contributed by atoms with Crippen molar-refractivity contribution in [2.75, 3.05) is 7.05 Å². The largest absolute Gasteiger partial charge is 0.357 e. The van der Waals surface area contributed by atoms with E-state index >= 15 is 0 Å². The molecular weight excluding hydrogens is 156 g/mol. The smallest absolute Gasteiger partial charge is 0.242 e. The van der Waals surface area contributed by atoms with Crippen molar-refractivity contribution in [1.29, 1.82) is 0 Å². The van der Waals surface area contributed by atoms with E-state index in [1.807, 2.05) is 6.92 Å². The second-order valence-corrected chi connectivity index (χ2v) is 2.66. The molecule has 0 fully saturated rings. The number of likely N-dealkylation sites (N-methyl/N-ethyl adjacent to an activating group) is 1. The molecule has 0 aromatic carbocycles. The van der Waals surface area contributed by atoms with Gasteiger partial charge in [0.05, 0.1) is 0 Å². The molecule has 1 unspecified atom stereocenters. The summed E-state index contributed by atoms with van der Waals surface area (Å²) in [6, 6.07) is -0.377. The van der Waals surface area contributed by atoms with Crippen LogP contribution in [0.2, 0.25) is 0 Å². The van der Waals surface area contributed by atoms with Gasteiger partial charge in [0.1, 0.15) is 6.04 Å². The van der Waals surface area contributed by atoms with Crippen LogP contribution in [0.25, 0.3) is 0 Å². The molecule has 2 N–H and O–H groups in total. The van der Waals surface area contributed by atoms with Gasteiger partial charge in [-0.3, -0.25) is 9.59 Å². The van der Waals surface area contributed by atoms with Crippen molar-refractivity contribution in [1.82, 2.24) is 10.6 Å². The summed E-state index contributed by atoms with van der Waals surface area (Å²) in [5, 5.41) is 5.08. The predicted octanol–water partition coefficient (Wildman–Crippen LogP) is 0.0372. The summed E-state index contributed by atoms with van der Waals surface area (Å²) >= 11 is 0. The van der Waals surface area contributed by atoms with Gasteiger partial charge in [-0.2, -0.15) is 0 Å². The second kappa shape index (κ2) is 5.57. The van der Waals surface area contributed by atoms with Crippen LogP contribution < -0.4 is 10.6 Å². The molecule has 4 nitrogen and oxygen atoms in total. The number of hydrogen-bond acceptors (Lipinski definition) is 2. The quantitative estimate of drug-likeness (QED) is 0.629. The maximum Gasteiger partial charge on any atom is 0.242 e. The topological polar surface area (TPSA) is 58.2 Å². The third kappa shape index (κ3) is 3.95. The minimum Gasteiger partial charge on any atom is -0.357 e. The van der Waals surface area contributed by atoms with Gasteiger partial charge in [0, 0.05) is 14.0 Å². The van der Waals surface area contributed by atoms with Gasteiger partial charge in [-0.25, -0.2) is 0 Å². The van der Waals surface area contributed by atoms with Crippen molar-refractivity contribution < 1.29 is 9.59 Å². The third-order valence-electron chi connectivity index (χ3n) is 1.52. The molecule has 4 heteroatoms. The monoisotopic (exact) mass is 172 g/mol. The van der Waals surface area contributed by atoms with Crippen LogP contribution in [-0.2, 0) is 9.59 Å². The van der Waals surface area contributed by atoms with Crippen molar-refractivity contribution >= 4 is 11.8 Å². The lowest BCUT2D eigenvalue weighted by Crippen LogP contribution is -2.44. The number of carbonyl (C=O) groups is 2. The predicted molar refractivity (Wildman–Crippen MR) is 46.6 cm³/mol. The molecule has 0 spiro atoms. The van der Waals surface area contributed by atoms with Gasteiger partial charge >= 0.3 is 0 Å². The van der Waals surface area contributed by atoms with Gasteiger partial charge in [0.25, 0.3) is 0 Å². The fourth-order valence-electron chi connectivity index (χ4n) is 0.977. The Bertz CT molecular complexity index is 168. The van der Waals surface area contributed by atoms with Crippen LogP contribution >= 0.6 is 0 Å². The number of hydrogen-bond donors (Lipinski definition) is 2. The van der Waals surface area contributed by atoms with Crippen LogP contribution in [0.3, 0.4) is 0 Å².